The summed E-state index contributed by atoms with van der Waals surface area (Å²) in [6.45, 7) is 2.10. The van der Waals surface area contributed by atoms with Crippen LogP contribution in [0, 0.1) is 10.1 Å². The number of nitrogens with zero attached hydrogens (tertiary/aromatic N) is 1. The van der Waals surface area contributed by atoms with Gasteiger partial charge < -0.3 is 15.4 Å². The van der Waals surface area contributed by atoms with Crippen LogP contribution in [0.4, 0.5) is 16.4 Å². The van der Waals surface area contributed by atoms with Gasteiger partial charge in [0.1, 0.15) is 5.00 Å². The van der Waals surface area contributed by atoms with Crippen molar-refractivity contribution in [3.8, 4) is 0 Å². The fraction of sp³-hybridized carbons (Fsp3) is 0.368. The molecular weight excluding hydrogens is 398 g/mol. The molecule has 2 N–H and O–H groups in total. The Labute approximate surface area is 172 Å². The number of non-ortho nitro benzene ring substituents is 1. The normalized spacial score (nSPS) is 13.2. The van der Waals surface area contributed by atoms with Crippen LogP contribution in [0.15, 0.2) is 24.3 Å². The van der Waals surface area contributed by atoms with Crippen molar-refractivity contribution in [3.05, 3.63) is 50.4 Å². The molecule has 28 heavy (non-hydrogen) atoms. The van der Waals surface area contributed by atoms with Crippen molar-refractivity contribution in [2.75, 3.05) is 17.2 Å². The van der Waals surface area contributed by atoms with E-state index in [1.807, 2.05) is 0 Å². The molecule has 0 atom stereocenters. The van der Waals surface area contributed by atoms with Gasteiger partial charge in [-0.25, -0.2) is 4.79 Å². The topological polar surface area (TPSA) is 93.5 Å². The summed E-state index contributed by atoms with van der Waals surface area (Å²) in [5.74, 6) is -0.331. The summed E-state index contributed by atoms with van der Waals surface area (Å²) < 4.78 is 5.27. The quantitative estimate of drug-likeness (QED) is 0.234. The van der Waals surface area contributed by atoms with Crippen molar-refractivity contribution in [1.82, 2.24) is 0 Å². The summed E-state index contributed by atoms with van der Waals surface area (Å²) in [6.07, 6.45) is 5.15. The molecule has 0 radical (unpaired) electrons. The SMILES string of the molecule is CCOC(=O)c1c(NC(=S)Nc2ccc([N+](=O)[O-])cc2)sc2c1CCCCC2. The number of carbonyl (C=O) groups excluding carboxylic acids is 1. The fourth-order valence-corrected chi connectivity index (χ4v) is 4.75. The average molecular weight is 420 g/mol. The number of ether oxygens (including phenoxy) is 1. The van der Waals surface area contributed by atoms with Crippen LogP contribution in [0.5, 0.6) is 0 Å². The van der Waals surface area contributed by atoms with Crippen LogP contribution in [-0.4, -0.2) is 22.6 Å². The van der Waals surface area contributed by atoms with Gasteiger partial charge in [0, 0.05) is 22.7 Å². The van der Waals surface area contributed by atoms with E-state index in [0.717, 1.165) is 37.7 Å². The molecule has 148 valence electrons. The average Bonchev–Trinajstić information content (AvgIpc) is 2.82. The molecule has 0 unspecified atom stereocenters. The molecule has 7 nitrogen and oxygen atoms in total. The summed E-state index contributed by atoms with van der Waals surface area (Å²) in [7, 11) is 0. The van der Waals surface area contributed by atoms with Crippen molar-refractivity contribution in [3.63, 3.8) is 0 Å². The summed E-state index contributed by atoms with van der Waals surface area (Å²) >= 11 is 6.93. The number of thiophene rings is 1. The molecule has 0 spiro atoms. The molecule has 0 fully saturated rings. The maximum absolute atomic E-state index is 12.6. The number of thiocarbonyl (C=S) groups is 1. The largest absolute Gasteiger partial charge is 0.462 e. The lowest BCUT2D eigenvalue weighted by Crippen LogP contribution is -2.20. The molecule has 1 aromatic carbocycles. The first-order chi connectivity index (χ1) is 13.5. The zero-order valence-electron chi connectivity index (χ0n) is 15.4. The Hall–Kier alpha value is -2.52. The first-order valence-corrected chi connectivity index (χ1v) is 10.4. The minimum atomic E-state index is -0.454. The number of carbonyl (C=O) groups is 1. The van der Waals surface area contributed by atoms with Crippen molar-refractivity contribution < 1.29 is 14.5 Å². The van der Waals surface area contributed by atoms with E-state index in [1.54, 1.807) is 30.4 Å². The minimum absolute atomic E-state index is 0.0102. The van der Waals surface area contributed by atoms with Crippen molar-refractivity contribution in [1.29, 1.82) is 0 Å². The van der Waals surface area contributed by atoms with Gasteiger partial charge in [-0.3, -0.25) is 10.1 Å². The highest BCUT2D eigenvalue weighted by molar-refractivity contribution is 7.80. The number of esters is 1. The van der Waals surface area contributed by atoms with Crippen LogP contribution in [0.3, 0.4) is 0 Å². The number of hydrogen-bond acceptors (Lipinski definition) is 6. The van der Waals surface area contributed by atoms with E-state index < -0.39 is 4.92 Å². The first kappa shape index (κ1) is 20.2. The first-order valence-electron chi connectivity index (χ1n) is 9.13. The third-order valence-electron chi connectivity index (χ3n) is 4.46. The number of nitro groups is 1. The number of anilines is 2. The van der Waals surface area contributed by atoms with Crippen LogP contribution in [0.2, 0.25) is 0 Å². The van der Waals surface area contributed by atoms with E-state index in [4.69, 9.17) is 17.0 Å². The molecule has 1 aromatic heterocycles. The fourth-order valence-electron chi connectivity index (χ4n) is 3.18. The van der Waals surface area contributed by atoms with Crippen LogP contribution in [0.25, 0.3) is 0 Å². The minimum Gasteiger partial charge on any atom is -0.462 e. The van der Waals surface area contributed by atoms with Crippen LogP contribution < -0.4 is 10.6 Å². The third kappa shape index (κ3) is 4.66. The van der Waals surface area contributed by atoms with Gasteiger partial charge in [0.2, 0.25) is 0 Å². The molecule has 0 aliphatic heterocycles. The van der Waals surface area contributed by atoms with Gasteiger partial charge >= 0.3 is 5.97 Å². The Morgan fingerprint density at radius 1 is 1.21 bits per heavy atom. The summed E-state index contributed by atoms with van der Waals surface area (Å²) in [5, 5.41) is 17.9. The van der Waals surface area contributed by atoms with Gasteiger partial charge in [-0.2, -0.15) is 0 Å². The Bertz CT molecular complexity index is 893. The molecule has 9 heteroatoms. The monoisotopic (exact) mass is 419 g/mol. The van der Waals surface area contributed by atoms with Crippen LogP contribution in [-0.2, 0) is 17.6 Å². The van der Waals surface area contributed by atoms with Gasteiger partial charge in [-0.1, -0.05) is 6.42 Å². The van der Waals surface area contributed by atoms with Gasteiger partial charge in [0.25, 0.3) is 5.69 Å². The standard InChI is InChI=1S/C19H21N3O4S2/c1-2-26-18(23)16-14-6-4-3-5-7-15(14)28-17(16)21-19(27)20-12-8-10-13(11-9-12)22(24)25/h8-11H,2-7H2,1H3,(H2,20,21,27). The van der Waals surface area contributed by atoms with E-state index in [2.05, 4.69) is 10.6 Å². The molecular formula is C19H21N3O4S2. The molecule has 2 aromatic rings. The lowest BCUT2D eigenvalue weighted by Gasteiger charge is -2.11. The Kier molecular flexibility index (Phi) is 6.58. The highest BCUT2D eigenvalue weighted by Gasteiger charge is 2.26. The van der Waals surface area contributed by atoms with Crippen LogP contribution in [0.1, 0.15) is 47.0 Å². The number of benzene rings is 1. The Balaban J connectivity index is 1.79. The molecule has 3 rings (SSSR count). The van der Waals surface area contributed by atoms with Gasteiger partial charge in [0.05, 0.1) is 17.1 Å². The van der Waals surface area contributed by atoms with E-state index in [1.165, 1.54) is 17.0 Å². The predicted molar refractivity (Wildman–Crippen MR) is 114 cm³/mol. The molecule has 0 bridgehead atoms. The number of nitrogens with one attached hydrogen (secondary N) is 2. The second kappa shape index (κ2) is 9.11. The van der Waals surface area contributed by atoms with Crippen molar-refractivity contribution in [2.45, 2.75) is 39.0 Å². The van der Waals surface area contributed by atoms with E-state index >= 15 is 0 Å². The number of nitro benzene ring substituents is 1. The molecule has 0 saturated heterocycles. The van der Waals surface area contributed by atoms with Gasteiger partial charge in [0.15, 0.2) is 5.11 Å². The maximum Gasteiger partial charge on any atom is 0.341 e. The molecule has 0 saturated carbocycles. The number of fused-ring (bicyclic) bond motifs is 1. The second-order valence-corrected chi connectivity index (χ2v) is 7.89. The van der Waals surface area contributed by atoms with Crippen molar-refractivity contribution in [2.24, 2.45) is 0 Å². The molecule has 0 amide bonds. The molecule has 1 aliphatic carbocycles. The summed E-state index contributed by atoms with van der Waals surface area (Å²) in [4.78, 5) is 24.1. The highest BCUT2D eigenvalue weighted by atomic mass is 32.1. The maximum atomic E-state index is 12.6. The predicted octanol–water partition coefficient (Wildman–Crippen LogP) is 4.91. The zero-order valence-corrected chi connectivity index (χ0v) is 17.1. The second-order valence-electron chi connectivity index (χ2n) is 6.37. The number of aryl methyl sites for hydroxylation is 1. The van der Waals surface area contributed by atoms with Crippen LogP contribution >= 0.6 is 23.6 Å². The number of hydrogen-bond donors (Lipinski definition) is 2. The van der Waals surface area contributed by atoms with E-state index in [9.17, 15) is 14.9 Å². The third-order valence-corrected chi connectivity index (χ3v) is 5.88. The smallest absolute Gasteiger partial charge is 0.341 e. The molecule has 1 heterocycles. The van der Waals surface area contributed by atoms with E-state index in [0.29, 0.717) is 28.0 Å². The van der Waals surface area contributed by atoms with E-state index in [-0.39, 0.29) is 11.7 Å². The van der Waals surface area contributed by atoms with Gasteiger partial charge in [-0.05, 0) is 62.5 Å². The zero-order chi connectivity index (χ0) is 20.1. The summed E-state index contributed by atoms with van der Waals surface area (Å²) in [5.41, 5.74) is 2.29. The van der Waals surface area contributed by atoms with Gasteiger partial charge in [-0.15, -0.1) is 11.3 Å². The summed E-state index contributed by atoms with van der Waals surface area (Å²) in [6, 6.07) is 5.98. The Morgan fingerprint density at radius 2 is 1.93 bits per heavy atom. The lowest BCUT2D eigenvalue weighted by atomic mass is 10.1. The number of rotatable bonds is 5. The highest BCUT2D eigenvalue weighted by Crippen LogP contribution is 2.38. The molecule has 1 aliphatic rings. The lowest BCUT2D eigenvalue weighted by molar-refractivity contribution is -0.384. The van der Waals surface area contributed by atoms with Crippen molar-refractivity contribution >= 4 is 51.0 Å². The Morgan fingerprint density at radius 3 is 2.61 bits per heavy atom.